The Morgan fingerprint density at radius 2 is 1.52 bits per heavy atom. The summed E-state index contributed by atoms with van der Waals surface area (Å²) >= 11 is 0. The highest BCUT2D eigenvalue weighted by molar-refractivity contribution is 6.31. The molecule has 1 aliphatic heterocycles. The molecule has 0 bridgehead atoms. The van der Waals surface area contributed by atoms with Gasteiger partial charge in [0, 0.05) is 5.56 Å². The van der Waals surface area contributed by atoms with Gasteiger partial charge in [0.25, 0.3) is 0 Å². The van der Waals surface area contributed by atoms with Crippen LogP contribution < -0.4 is 9.47 Å². The van der Waals surface area contributed by atoms with E-state index in [4.69, 9.17) is 9.57 Å². The topological polar surface area (TPSA) is 57.1 Å². The standard InChI is InChI=1S/C24H15F4NO4/c25-18-7-5-17(6-8-18)22-21(23(30)33-29-22)13-15-1-9-19(10-2-15)31-14-16-3-11-20(12-4-16)32-24(26,27)28/h1-13H,14H2/b21-13-. The number of ether oxygens (including phenoxy) is 2. The Morgan fingerprint density at radius 1 is 0.879 bits per heavy atom. The van der Waals surface area contributed by atoms with Crippen molar-refractivity contribution in [2.75, 3.05) is 0 Å². The van der Waals surface area contributed by atoms with Gasteiger partial charge in [-0.3, -0.25) is 0 Å². The Morgan fingerprint density at radius 3 is 2.15 bits per heavy atom. The SMILES string of the molecule is O=C1ON=C(c2ccc(F)cc2)/C1=C/c1ccc(OCc2ccc(OC(F)(F)F)cc2)cc1. The third-order valence-electron chi connectivity index (χ3n) is 4.57. The average molecular weight is 457 g/mol. The number of alkyl halides is 3. The first kappa shape index (κ1) is 22.1. The Hall–Kier alpha value is -4.14. The molecule has 1 aliphatic rings. The van der Waals surface area contributed by atoms with Gasteiger partial charge in [-0.05, 0) is 65.7 Å². The molecule has 9 heteroatoms. The molecule has 168 valence electrons. The monoisotopic (exact) mass is 457 g/mol. The van der Waals surface area contributed by atoms with Crippen molar-refractivity contribution in [3.63, 3.8) is 0 Å². The normalized spacial score (nSPS) is 14.7. The summed E-state index contributed by atoms with van der Waals surface area (Å²) in [6.07, 6.45) is -3.14. The molecular weight excluding hydrogens is 442 g/mol. The zero-order chi connectivity index (χ0) is 23.4. The molecule has 3 aromatic carbocycles. The molecule has 0 saturated carbocycles. The van der Waals surface area contributed by atoms with Crippen molar-refractivity contribution in [2.45, 2.75) is 13.0 Å². The van der Waals surface area contributed by atoms with E-state index in [1.165, 1.54) is 48.5 Å². The lowest BCUT2D eigenvalue weighted by molar-refractivity contribution is -0.274. The molecule has 33 heavy (non-hydrogen) atoms. The van der Waals surface area contributed by atoms with Crippen LogP contribution >= 0.6 is 0 Å². The number of hydrogen-bond acceptors (Lipinski definition) is 5. The summed E-state index contributed by atoms with van der Waals surface area (Å²) in [7, 11) is 0. The van der Waals surface area contributed by atoms with Crippen LogP contribution in [-0.4, -0.2) is 18.0 Å². The van der Waals surface area contributed by atoms with Crippen molar-refractivity contribution in [3.05, 3.63) is 101 Å². The van der Waals surface area contributed by atoms with Gasteiger partial charge in [-0.15, -0.1) is 13.2 Å². The number of nitrogens with zero attached hydrogens (tertiary/aromatic N) is 1. The van der Waals surface area contributed by atoms with Gasteiger partial charge in [-0.2, -0.15) is 0 Å². The fourth-order valence-corrected chi connectivity index (χ4v) is 3.01. The van der Waals surface area contributed by atoms with Gasteiger partial charge in [-0.25, -0.2) is 9.18 Å². The maximum Gasteiger partial charge on any atom is 0.573 e. The van der Waals surface area contributed by atoms with E-state index < -0.39 is 18.1 Å². The van der Waals surface area contributed by atoms with Crippen LogP contribution in [-0.2, 0) is 16.2 Å². The Balaban J connectivity index is 1.41. The summed E-state index contributed by atoms with van der Waals surface area (Å²) in [5, 5.41) is 3.78. The molecule has 1 heterocycles. The van der Waals surface area contributed by atoms with E-state index in [0.29, 0.717) is 28.2 Å². The van der Waals surface area contributed by atoms with Crippen LogP contribution in [0.5, 0.6) is 11.5 Å². The second-order valence-electron chi connectivity index (χ2n) is 6.93. The summed E-state index contributed by atoms with van der Waals surface area (Å²) in [5.41, 5.74) is 2.42. The van der Waals surface area contributed by atoms with Crippen molar-refractivity contribution in [2.24, 2.45) is 5.16 Å². The quantitative estimate of drug-likeness (QED) is 0.273. The van der Waals surface area contributed by atoms with Crippen molar-refractivity contribution in [3.8, 4) is 11.5 Å². The summed E-state index contributed by atoms with van der Waals surface area (Å²) in [6.45, 7) is 0.139. The van der Waals surface area contributed by atoms with Crippen molar-refractivity contribution in [1.29, 1.82) is 0 Å². The fraction of sp³-hybridized carbons (Fsp3) is 0.0833. The van der Waals surface area contributed by atoms with Crippen LogP contribution in [0.2, 0.25) is 0 Å². The number of hydrogen-bond donors (Lipinski definition) is 0. The lowest BCUT2D eigenvalue weighted by Crippen LogP contribution is -2.17. The minimum Gasteiger partial charge on any atom is -0.489 e. The number of carbonyl (C=O) groups excluding carboxylic acids is 1. The third kappa shape index (κ3) is 5.76. The van der Waals surface area contributed by atoms with E-state index in [1.54, 1.807) is 30.3 Å². The van der Waals surface area contributed by atoms with Crippen LogP contribution in [0.15, 0.2) is 83.5 Å². The maximum absolute atomic E-state index is 13.2. The first-order valence-electron chi connectivity index (χ1n) is 9.62. The van der Waals surface area contributed by atoms with Gasteiger partial charge in [-0.1, -0.05) is 29.4 Å². The molecule has 0 radical (unpaired) electrons. The van der Waals surface area contributed by atoms with Crippen LogP contribution in [0.4, 0.5) is 17.6 Å². The lowest BCUT2D eigenvalue weighted by atomic mass is 10.0. The minimum atomic E-state index is -4.74. The molecule has 0 atom stereocenters. The zero-order valence-electron chi connectivity index (χ0n) is 16.8. The largest absolute Gasteiger partial charge is 0.573 e. The van der Waals surface area contributed by atoms with E-state index in [-0.39, 0.29) is 17.9 Å². The fourth-order valence-electron chi connectivity index (χ4n) is 3.01. The minimum absolute atomic E-state index is 0.139. The van der Waals surface area contributed by atoms with Gasteiger partial charge in [0.15, 0.2) is 0 Å². The van der Waals surface area contributed by atoms with Crippen LogP contribution in [0, 0.1) is 5.82 Å². The van der Waals surface area contributed by atoms with Gasteiger partial charge in [0.05, 0.1) is 5.57 Å². The molecule has 4 rings (SSSR count). The van der Waals surface area contributed by atoms with Gasteiger partial charge >= 0.3 is 12.3 Å². The molecule has 0 saturated heterocycles. The van der Waals surface area contributed by atoms with Gasteiger partial charge in [0.1, 0.15) is 29.6 Å². The zero-order valence-corrected chi connectivity index (χ0v) is 16.8. The predicted molar refractivity (Wildman–Crippen MR) is 111 cm³/mol. The highest BCUT2D eigenvalue weighted by Crippen LogP contribution is 2.24. The molecule has 0 aromatic heterocycles. The highest BCUT2D eigenvalue weighted by atomic mass is 19.4. The molecule has 0 unspecified atom stereocenters. The first-order chi connectivity index (χ1) is 15.8. The smallest absolute Gasteiger partial charge is 0.489 e. The van der Waals surface area contributed by atoms with Gasteiger partial charge in [0.2, 0.25) is 0 Å². The number of halogens is 4. The Kier molecular flexibility index (Phi) is 6.12. The van der Waals surface area contributed by atoms with Crippen LogP contribution in [0.1, 0.15) is 16.7 Å². The molecule has 3 aromatic rings. The summed E-state index contributed by atoms with van der Waals surface area (Å²) < 4.78 is 59.3. The third-order valence-corrected chi connectivity index (χ3v) is 4.57. The number of benzene rings is 3. The molecule has 0 N–H and O–H groups in total. The van der Waals surface area contributed by atoms with Crippen molar-refractivity contribution >= 4 is 17.8 Å². The first-order valence-corrected chi connectivity index (χ1v) is 9.62. The number of rotatable bonds is 6. The maximum atomic E-state index is 13.2. The molecule has 0 amide bonds. The van der Waals surface area contributed by atoms with Crippen LogP contribution in [0.3, 0.4) is 0 Å². The molecule has 0 spiro atoms. The molecule has 5 nitrogen and oxygen atoms in total. The summed E-state index contributed by atoms with van der Waals surface area (Å²) in [5.74, 6) is -0.810. The molecule has 0 aliphatic carbocycles. The van der Waals surface area contributed by atoms with Crippen molar-refractivity contribution < 1.29 is 36.7 Å². The second-order valence-corrected chi connectivity index (χ2v) is 6.93. The van der Waals surface area contributed by atoms with E-state index in [0.717, 1.165) is 0 Å². The van der Waals surface area contributed by atoms with Gasteiger partial charge < -0.3 is 14.3 Å². The van der Waals surface area contributed by atoms with E-state index in [9.17, 15) is 22.4 Å². The lowest BCUT2D eigenvalue weighted by Gasteiger charge is -2.10. The van der Waals surface area contributed by atoms with E-state index in [2.05, 4.69) is 9.89 Å². The van der Waals surface area contributed by atoms with E-state index in [1.807, 2.05) is 0 Å². The predicted octanol–water partition coefficient (Wildman–Crippen LogP) is 5.65. The summed E-state index contributed by atoms with van der Waals surface area (Å²) in [6, 6.07) is 17.7. The Bertz CT molecular complexity index is 1200. The van der Waals surface area contributed by atoms with E-state index >= 15 is 0 Å². The Labute approximate surface area is 185 Å². The molecular formula is C24H15F4NO4. The van der Waals surface area contributed by atoms with Crippen molar-refractivity contribution in [1.82, 2.24) is 0 Å². The molecule has 0 fully saturated rings. The number of carbonyl (C=O) groups is 1. The van der Waals surface area contributed by atoms with Crippen LogP contribution in [0.25, 0.3) is 6.08 Å². The number of oxime groups is 1. The highest BCUT2D eigenvalue weighted by Gasteiger charge is 2.31. The summed E-state index contributed by atoms with van der Waals surface area (Å²) in [4.78, 5) is 16.9. The second kappa shape index (κ2) is 9.15. The average Bonchev–Trinajstić information content (AvgIpc) is 3.14.